The Morgan fingerprint density at radius 1 is 1.14 bits per heavy atom. The summed E-state index contributed by atoms with van der Waals surface area (Å²) < 4.78 is 2.69. The number of nitrogens with zero attached hydrogens (tertiary/aromatic N) is 3. The van der Waals surface area contributed by atoms with Gasteiger partial charge in [0.25, 0.3) is 0 Å². The molecule has 0 fully saturated rings. The summed E-state index contributed by atoms with van der Waals surface area (Å²) in [4.78, 5) is 4.04. The fourth-order valence-corrected chi connectivity index (χ4v) is 2.59. The van der Waals surface area contributed by atoms with Crippen LogP contribution in [0.25, 0.3) is 11.4 Å². The summed E-state index contributed by atoms with van der Waals surface area (Å²) in [5, 5.41) is 7.22. The van der Waals surface area contributed by atoms with Crippen molar-refractivity contribution in [3.05, 3.63) is 64.7 Å². The van der Waals surface area contributed by atoms with Crippen LogP contribution >= 0.6 is 12.2 Å². The molecular formula is C16H16N4S. The highest BCUT2D eigenvalue weighted by atomic mass is 32.1. The standard InChI is InChI=1S/C16H16N4S/c1-12-4-2-3-5-13(12)8-11-20-15(18-19-16(20)21)14-6-9-17-10-7-14/h2-7,9-10H,8,11H2,1H3,(H,19,21). The predicted octanol–water partition coefficient (Wildman–Crippen LogP) is 3.55. The Bertz CT molecular complexity index is 789. The number of pyridine rings is 1. The van der Waals surface area contributed by atoms with Gasteiger partial charge in [0.2, 0.25) is 0 Å². The third-order valence-corrected chi connectivity index (χ3v) is 3.87. The normalized spacial score (nSPS) is 10.7. The molecular weight excluding hydrogens is 280 g/mol. The second-order valence-corrected chi connectivity index (χ2v) is 5.30. The smallest absolute Gasteiger partial charge is 0.195 e. The maximum Gasteiger partial charge on any atom is 0.195 e. The topological polar surface area (TPSA) is 46.5 Å². The average Bonchev–Trinajstić information content (AvgIpc) is 2.88. The Morgan fingerprint density at radius 3 is 2.67 bits per heavy atom. The average molecular weight is 296 g/mol. The van der Waals surface area contributed by atoms with Crippen LogP contribution in [-0.2, 0) is 13.0 Å². The van der Waals surface area contributed by atoms with Gasteiger partial charge in [-0.1, -0.05) is 24.3 Å². The first-order valence-corrected chi connectivity index (χ1v) is 7.26. The number of rotatable bonds is 4. The fraction of sp³-hybridized carbons (Fsp3) is 0.188. The van der Waals surface area contributed by atoms with Crippen LogP contribution in [0.3, 0.4) is 0 Å². The molecule has 3 aromatic rings. The second-order valence-electron chi connectivity index (χ2n) is 4.92. The zero-order chi connectivity index (χ0) is 14.7. The number of aromatic nitrogens is 4. The van der Waals surface area contributed by atoms with E-state index in [1.54, 1.807) is 12.4 Å². The van der Waals surface area contributed by atoms with Gasteiger partial charge in [-0.05, 0) is 48.8 Å². The van der Waals surface area contributed by atoms with Gasteiger partial charge in [0.15, 0.2) is 10.6 Å². The minimum Gasteiger partial charge on any atom is -0.300 e. The van der Waals surface area contributed by atoms with Gasteiger partial charge in [-0.2, -0.15) is 5.10 Å². The molecule has 0 bridgehead atoms. The van der Waals surface area contributed by atoms with Crippen LogP contribution in [0.15, 0.2) is 48.8 Å². The summed E-state index contributed by atoms with van der Waals surface area (Å²) >= 11 is 5.35. The van der Waals surface area contributed by atoms with Crippen molar-refractivity contribution in [3.63, 3.8) is 0 Å². The molecule has 0 aliphatic rings. The van der Waals surface area contributed by atoms with Gasteiger partial charge in [0, 0.05) is 24.5 Å². The highest BCUT2D eigenvalue weighted by Gasteiger charge is 2.09. The molecule has 0 atom stereocenters. The summed E-state index contributed by atoms with van der Waals surface area (Å²) in [5.41, 5.74) is 3.65. The summed E-state index contributed by atoms with van der Waals surface area (Å²) in [6.45, 7) is 2.94. The van der Waals surface area contributed by atoms with Crippen LogP contribution in [-0.4, -0.2) is 19.7 Å². The van der Waals surface area contributed by atoms with Crippen molar-refractivity contribution >= 4 is 12.2 Å². The third kappa shape index (κ3) is 2.92. The Morgan fingerprint density at radius 2 is 1.90 bits per heavy atom. The van der Waals surface area contributed by atoms with E-state index in [4.69, 9.17) is 12.2 Å². The molecule has 0 saturated heterocycles. The van der Waals surface area contributed by atoms with Crippen molar-refractivity contribution < 1.29 is 0 Å². The Kier molecular flexibility index (Phi) is 3.92. The third-order valence-electron chi connectivity index (χ3n) is 3.56. The van der Waals surface area contributed by atoms with Crippen molar-refractivity contribution in [2.45, 2.75) is 19.9 Å². The monoisotopic (exact) mass is 296 g/mol. The largest absolute Gasteiger partial charge is 0.300 e. The fourth-order valence-electron chi connectivity index (χ4n) is 2.37. The van der Waals surface area contributed by atoms with Gasteiger partial charge in [0.1, 0.15) is 0 Å². The summed E-state index contributed by atoms with van der Waals surface area (Å²) in [6, 6.07) is 12.3. The SMILES string of the molecule is Cc1ccccc1CCn1c(-c2ccncc2)n[nH]c1=S. The van der Waals surface area contributed by atoms with Crippen LogP contribution in [0.5, 0.6) is 0 Å². The van der Waals surface area contributed by atoms with Crippen LogP contribution in [0, 0.1) is 11.7 Å². The van der Waals surface area contributed by atoms with Gasteiger partial charge in [-0.15, -0.1) is 0 Å². The zero-order valence-corrected chi connectivity index (χ0v) is 12.6. The lowest BCUT2D eigenvalue weighted by Crippen LogP contribution is -2.05. The molecule has 4 nitrogen and oxygen atoms in total. The lowest BCUT2D eigenvalue weighted by Gasteiger charge is -2.08. The molecule has 106 valence electrons. The number of H-pyrrole nitrogens is 1. The highest BCUT2D eigenvalue weighted by molar-refractivity contribution is 7.71. The quantitative estimate of drug-likeness (QED) is 0.749. The molecule has 0 saturated carbocycles. The van der Waals surface area contributed by atoms with E-state index in [-0.39, 0.29) is 0 Å². The van der Waals surface area contributed by atoms with Crippen molar-refractivity contribution in [2.75, 3.05) is 0 Å². The lowest BCUT2D eigenvalue weighted by molar-refractivity contribution is 0.689. The molecule has 0 spiro atoms. The van der Waals surface area contributed by atoms with E-state index in [1.165, 1.54) is 11.1 Å². The number of aromatic amines is 1. The van der Waals surface area contributed by atoms with Crippen molar-refractivity contribution in [1.82, 2.24) is 19.7 Å². The molecule has 0 aliphatic heterocycles. The van der Waals surface area contributed by atoms with Gasteiger partial charge < -0.3 is 0 Å². The molecule has 21 heavy (non-hydrogen) atoms. The molecule has 0 radical (unpaired) electrons. The van der Waals surface area contributed by atoms with E-state index < -0.39 is 0 Å². The first-order valence-electron chi connectivity index (χ1n) is 6.86. The van der Waals surface area contributed by atoms with E-state index in [2.05, 4.69) is 46.4 Å². The van der Waals surface area contributed by atoms with Gasteiger partial charge in [-0.3, -0.25) is 14.6 Å². The first kappa shape index (κ1) is 13.7. The van der Waals surface area contributed by atoms with Crippen LogP contribution in [0.1, 0.15) is 11.1 Å². The van der Waals surface area contributed by atoms with Gasteiger partial charge in [-0.25, -0.2) is 0 Å². The molecule has 3 rings (SSSR count). The van der Waals surface area contributed by atoms with E-state index in [1.807, 2.05) is 16.7 Å². The Balaban J connectivity index is 1.88. The molecule has 2 aromatic heterocycles. The summed E-state index contributed by atoms with van der Waals surface area (Å²) in [5.74, 6) is 0.857. The minimum absolute atomic E-state index is 0.649. The summed E-state index contributed by atoms with van der Waals surface area (Å²) in [7, 11) is 0. The number of hydrogen-bond donors (Lipinski definition) is 1. The molecule has 0 aliphatic carbocycles. The molecule has 5 heteroatoms. The summed E-state index contributed by atoms with van der Waals surface area (Å²) in [6.07, 6.45) is 4.45. The van der Waals surface area contributed by atoms with Crippen LogP contribution in [0.2, 0.25) is 0 Å². The van der Waals surface area contributed by atoms with E-state index in [0.717, 1.165) is 24.4 Å². The highest BCUT2D eigenvalue weighted by Crippen LogP contribution is 2.17. The van der Waals surface area contributed by atoms with Crippen molar-refractivity contribution in [1.29, 1.82) is 0 Å². The molecule has 1 N–H and O–H groups in total. The van der Waals surface area contributed by atoms with Crippen molar-refractivity contribution in [3.8, 4) is 11.4 Å². The lowest BCUT2D eigenvalue weighted by atomic mass is 10.1. The maximum absolute atomic E-state index is 5.35. The second kappa shape index (κ2) is 6.01. The molecule has 2 heterocycles. The zero-order valence-electron chi connectivity index (χ0n) is 11.8. The molecule has 0 unspecified atom stereocenters. The predicted molar refractivity (Wildman–Crippen MR) is 85.5 cm³/mol. The van der Waals surface area contributed by atoms with E-state index >= 15 is 0 Å². The van der Waals surface area contributed by atoms with Crippen molar-refractivity contribution in [2.24, 2.45) is 0 Å². The minimum atomic E-state index is 0.649. The van der Waals surface area contributed by atoms with Gasteiger partial charge in [0.05, 0.1) is 0 Å². The van der Waals surface area contributed by atoms with Crippen LogP contribution in [0.4, 0.5) is 0 Å². The number of hydrogen-bond acceptors (Lipinski definition) is 3. The maximum atomic E-state index is 5.35. The van der Waals surface area contributed by atoms with Crippen LogP contribution < -0.4 is 0 Å². The van der Waals surface area contributed by atoms with E-state index in [9.17, 15) is 0 Å². The molecule has 0 amide bonds. The molecule has 1 aromatic carbocycles. The Hall–Kier alpha value is -2.27. The van der Waals surface area contributed by atoms with E-state index in [0.29, 0.717) is 4.77 Å². The van der Waals surface area contributed by atoms with Gasteiger partial charge >= 0.3 is 0 Å². The Labute approximate surface area is 128 Å². The first-order chi connectivity index (χ1) is 10.3. The number of benzene rings is 1. The number of aryl methyl sites for hydroxylation is 2. The number of nitrogens with one attached hydrogen (secondary N) is 1.